The maximum Gasteiger partial charge on any atom is 0.326 e. The monoisotopic (exact) mass is 1730 g/mol. The van der Waals surface area contributed by atoms with Gasteiger partial charge < -0.3 is 117 Å². The first-order chi connectivity index (χ1) is 57.6. The molecule has 24 N–H and O–H groups in total. The predicted octanol–water partition coefficient (Wildman–Crippen LogP) is -3.58. The highest BCUT2D eigenvalue weighted by Crippen LogP contribution is 2.25. The Morgan fingerprint density at radius 3 is 1.44 bits per heavy atom. The van der Waals surface area contributed by atoms with Crippen molar-refractivity contribution < 1.29 is 102 Å². The molecule has 2 fully saturated rings. The molecule has 0 bridgehead atoms. The maximum absolute atomic E-state index is 14.8. The number of nitrogens with two attached hydrogens (primary N) is 4. The molecule has 2 saturated heterocycles. The summed E-state index contributed by atoms with van der Waals surface area (Å²) in [5.41, 5.74) is 24.2. The Hall–Kier alpha value is -11.1. The molecular weight excluding hydrogens is 1610 g/mol. The fraction of sp³-hybridized carbons (Fsp3) is 0.630. The second-order valence-corrected chi connectivity index (χ2v) is 33.0. The van der Waals surface area contributed by atoms with Crippen molar-refractivity contribution in [2.24, 2.45) is 51.6 Å². The fourth-order valence-corrected chi connectivity index (χ4v) is 14.3. The molecule has 2 aliphatic heterocycles. The lowest BCUT2D eigenvalue weighted by Gasteiger charge is -2.34. The first kappa shape index (κ1) is 103. The number of nitrogens with zero attached hydrogens (tertiary/aromatic N) is 3. The minimum atomic E-state index is -2.04. The number of nitrogens with one attached hydrogen (secondary N) is 12. The van der Waals surface area contributed by atoms with Gasteiger partial charge in [0, 0.05) is 39.0 Å². The lowest BCUT2D eigenvalue weighted by atomic mass is 9.96. The molecule has 0 saturated carbocycles. The van der Waals surface area contributed by atoms with Crippen molar-refractivity contribution in [2.45, 2.75) is 256 Å². The number of likely N-dealkylation sites (tertiary alicyclic amines) is 2. The molecule has 0 radical (unpaired) electrons. The van der Waals surface area contributed by atoms with Crippen LogP contribution in [0.25, 0.3) is 0 Å². The minimum Gasteiger partial charge on any atom is -0.481 e. The van der Waals surface area contributed by atoms with Gasteiger partial charge in [0.25, 0.3) is 0 Å². The molecule has 15 amide bonds. The molecule has 16 atom stereocenters. The van der Waals surface area contributed by atoms with Crippen LogP contribution < -0.4 is 86.7 Å². The number of amides is 15. The average molecular weight is 1740 g/mol. The first-order valence-corrected chi connectivity index (χ1v) is 42.6. The highest BCUT2D eigenvalue weighted by atomic mass is 32.2. The van der Waals surface area contributed by atoms with Gasteiger partial charge in [-0.2, -0.15) is 11.8 Å². The number of carbonyl (C=O) groups is 17. The second-order valence-electron chi connectivity index (χ2n) is 32.0. The van der Waals surface area contributed by atoms with Gasteiger partial charge in [0.2, 0.25) is 88.6 Å². The molecule has 122 heavy (non-hydrogen) atoms. The Morgan fingerprint density at radius 2 is 0.943 bits per heavy atom. The normalized spacial score (nSPS) is 17.2. The Kier molecular flexibility index (Phi) is 44.3. The van der Waals surface area contributed by atoms with Crippen LogP contribution in [-0.4, -0.2) is 272 Å². The van der Waals surface area contributed by atoms with Crippen LogP contribution in [0, 0.1) is 23.7 Å². The number of aliphatic hydroxyl groups is 2. The van der Waals surface area contributed by atoms with Gasteiger partial charge >= 0.3 is 11.9 Å². The number of rotatable bonds is 53. The summed E-state index contributed by atoms with van der Waals surface area (Å²) in [7, 11) is 0. The number of hydrogen-bond donors (Lipinski definition) is 20. The molecule has 0 aromatic heterocycles. The average Bonchev–Trinajstić information content (AvgIpc) is 1.64. The molecule has 2 aliphatic rings. The molecule has 40 nitrogen and oxygen atoms in total. The van der Waals surface area contributed by atoms with Gasteiger partial charge in [-0.25, -0.2) is 4.79 Å². The van der Waals surface area contributed by atoms with E-state index in [4.69, 9.17) is 22.9 Å². The summed E-state index contributed by atoms with van der Waals surface area (Å²) in [6.07, 6.45) is -1.14. The fourth-order valence-electron chi connectivity index (χ4n) is 13.8. The van der Waals surface area contributed by atoms with E-state index >= 15 is 0 Å². The number of thioether (sulfide) groups is 1. The summed E-state index contributed by atoms with van der Waals surface area (Å²) in [5.74, 6) is -18.2. The summed E-state index contributed by atoms with van der Waals surface area (Å²) in [4.78, 5) is 241. The summed E-state index contributed by atoms with van der Waals surface area (Å²) < 4.78 is 0. The number of aliphatic hydroxyl groups excluding tert-OH is 2. The molecule has 678 valence electrons. The summed E-state index contributed by atoms with van der Waals surface area (Å²) in [5, 5.41) is 71.5. The van der Waals surface area contributed by atoms with Crippen LogP contribution >= 0.6 is 11.8 Å². The minimum absolute atomic E-state index is 0.00452. The van der Waals surface area contributed by atoms with Gasteiger partial charge in [-0.1, -0.05) is 122 Å². The Labute approximate surface area is 714 Å². The molecule has 0 spiro atoms. The van der Waals surface area contributed by atoms with Gasteiger partial charge in [-0.05, 0) is 124 Å². The highest BCUT2D eigenvalue weighted by Gasteiger charge is 2.45. The third-order valence-electron chi connectivity index (χ3n) is 20.4. The highest BCUT2D eigenvalue weighted by molar-refractivity contribution is 7.98. The molecule has 2 heterocycles. The van der Waals surface area contributed by atoms with Crippen LogP contribution in [0.4, 0.5) is 0 Å². The molecule has 0 aliphatic carbocycles. The van der Waals surface area contributed by atoms with E-state index in [0.29, 0.717) is 30.6 Å². The quantitative estimate of drug-likeness (QED) is 0.0173. The van der Waals surface area contributed by atoms with Crippen LogP contribution in [0.3, 0.4) is 0 Å². The smallest absolute Gasteiger partial charge is 0.326 e. The standard InChI is InChI=1S/C81H127N19O21S/c1-11-46(8)65(97-77(117)66(47(9)102)98-76(116)61-27-19-32-99(61)78(118)50(82)38-48-21-14-12-15-22-48)79(119)100-33-20-26-60(100)75(115)94-54(36-44(4)5)71(111)96-59(42-101)74(114)89-51(25-18-30-87-81(84)85)68(108)90-53(35-43(2)3)70(110)91-55(39-49-23-16-13-17-24-49)72(112)93-57(41-64(105)106)73(113)92-56(40-62(83)103)67(107)86-31-28-63(104)88-52(29-34-122-10)69(109)95-58(80(120)121)37-45(6)7/h12-17,21-24,43-47,50-61,65-66,101-102H,11,18-20,25-42,82H2,1-10H3,(H2,83,103)(H,86,107)(H,88,104)(H,89,114)(H,90,108)(H,91,110)(H,92,113)(H,93,112)(H,94,115)(H,95,109)(H,96,111)(H,97,117)(H,98,116)(H,105,106)(H,120,121)(H4,84,85,87)/t46-,47+,50-,51-,52-,53-,54-,55-,56-,57-,58-,59-,60-,61-,65-,66-/m0/s1. The van der Waals surface area contributed by atoms with E-state index in [2.05, 4.69) is 68.8 Å². The summed E-state index contributed by atoms with van der Waals surface area (Å²) in [6, 6.07) is -3.35. The number of carboxylic acids is 2. The number of carboxylic acid groups (broad SMARTS) is 2. The van der Waals surface area contributed by atoms with Crippen LogP contribution in [0.2, 0.25) is 0 Å². The van der Waals surface area contributed by atoms with Crippen LogP contribution in [-0.2, 0) is 94.3 Å². The Morgan fingerprint density at radius 1 is 0.500 bits per heavy atom. The van der Waals surface area contributed by atoms with E-state index < -0.39 is 235 Å². The summed E-state index contributed by atoms with van der Waals surface area (Å²) >= 11 is 1.36. The topological polar surface area (TPSA) is 638 Å². The van der Waals surface area contributed by atoms with Gasteiger partial charge in [-0.15, -0.1) is 0 Å². The zero-order chi connectivity index (χ0) is 91.2. The molecule has 2 aromatic rings. The zero-order valence-corrected chi connectivity index (χ0v) is 71.9. The molecular formula is C81H127N19O21S. The maximum atomic E-state index is 14.8. The second kappa shape index (κ2) is 52.3. The van der Waals surface area contributed by atoms with Crippen molar-refractivity contribution in [1.82, 2.24) is 73.6 Å². The van der Waals surface area contributed by atoms with Gasteiger partial charge in [-0.3, -0.25) is 81.7 Å². The van der Waals surface area contributed by atoms with Crippen molar-refractivity contribution in [3.05, 3.63) is 71.8 Å². The van der Waals surface area contributed by atoms with E-state index in [1.807, 2.05) is 30.3 Å². The van der Waals surface area contributed by atoms with Gasteiger partial charge in [0.15, 0.2) is 5.96 Å². The predicted molar refractivity (Wildman–Crippen MR) is 450 cm³/mol. The number of aliphatic imine (C=N–C) groups is 1. The Bertz CT molecular complexity index is 3910. The van der Waals surface area contributed by atoms with Crippen LogP contribution in [0.5, 0.6) is 0 Å². The number of primary amides is 1. The van der Waals surface area contributed by atoms with E-state index in [9.17, 15) is 102 Å². The van der Waals surface area contributed by atoms with E-state index in [1.165, 1.54) is 28.5 Å². The number of guanidine groups is 1. The van der Waals surface area contributed by atoms with E-state index in [0.717, 1.165) is 5.56 Å². The molecule has 41 heteroatoms. The number of hydrogen-bond acceptors (Lipinski definition) is 22. The van der Waals surface area contributed by atoms with E-state index in [-0.39, 0.29) is 102 Å². The van der Waals surface area contributed by atoms with Crippen molar-refractivity contribution in [1.29, 1.82) is 0 Å². The summed E-state index contributed by atoms with van der Waals surface area (Å²) in [6.45, 7) is 13.7. The van der Waals surface area contributed by atoms with Crippen molar-refractivity contribution >= 4 is 118 Å². The van der Waals surface area contributed by atoms with Crippen molar-refractivity contribution in [3.8, 4) is 0 Å². The largest absolute Gasteiger partial charge is 0.481 e. The Balaban J connectivity index is 1.53. The number of benzene rings is 2. The van der Waals surface area contributed by atoms with Gasteiger partial charge in [0.05, 0.1) is 31.6 Å². The lowest BCUT2D eigenvalue weighted by Crippen LogP contribution is -2.62. The number of aliphatic carboxylic acids is 2. The number of carbonyl (C=O) groups excluding carboxylic acids is 15. The zero-order valence-electron chi connectivity index (χ0n) is 71.1. The van der Waals surface area contributed by atoms with Crippen LogP contribution in [0.15, 0.2) is 65.7 Å². The third kappa shape index (κ3) is 35.2. The molecule has 0 unspecified atom stereocenters. The molecule has 4 rings (SSSR count). The third-order valence-corrected chi connectivity index (χ3v) is 21.1. The van der Waals surface area contributed by atoms with Crippen molar-refractivity contribution in [3.63, 3.8) is 0 Å². The first-order valence-electron chi connectivity index (χ1n) is 41.2. The van der Waals surface area contributed by atoms with Crippen molar-refractivity contribution in [2.75, 3.05) is 44.8 Å². The lowest BCUT2D eigenvalue weighted by molar-refractivity contribution is -0.144. The van der Waals surface area contributed by atoms with E-state index in [1.54, 1.807) is 92.0 Å². The van der Waals surface area contributed by atoms with Crippen LogP contribution in [0.1, 0.15) is 163 Å². The SMILES string of the molecule is CC[C@H](C)[C@H](NC(=O)[C@@H](NC(=O)[C@@H]1CCCN1C(=O)[C@@H](N)Cc1ccccc1)[C@@H](C)O)C(=O)N1CCC[C@H]1C(=O)N[C@@H](CC(C)C)C(=O)N[C@@H](CO)C(=O)N[C@@H](CCCN=C(N)N)C(=O)N[C@@H](CC(C)C)C(=O)N[C@@H](Cc1ccccc1)C(=O)N[C@@H](CC(=O)O)C(=O)N[C@@H](CC(N)=O)C(=O)NCCC(=O)N[C@@H](CCSC)C(=O)N[C@@H](CC(C)C)C(=O)O. The van der Waals surface area contributed by atoms with Gasteiger partial charge in [0.1, 0.15) is 78.5 Å². The molecule has 2 aromatic carbocycles.